The number of carbonyl (C=O) groups excluding carboxylic acids is 2. The maximum Gasteiger partial charge on any atom is 0.414 e. The number of ether oxygens (including phenoxy) is 1. The van der Waals surface area contributed by atoms with Crippen LogP contribution >= 0.6 is 0 Å². The number of unbranched alkanes of at least 4 members (excludes halogenated alkanes) is 3. The second kappa shape index (κ2) is 13.2. The molecule has 0 fully saturated rings. The highest BCUT2D eigenvalue weighted by Crippen LogP contribution is 2.06. The number of carbonyl (C=O) groups is 4. The van der Waals surface area contributed by atoms with Gasteiger partial charge < -0.3 is 25.6 Å². The first kappa shape index (κ1) is 24.9. The summed E-state index contributed by atoms with van der Waals surface area (Å²) in [4.78, 5) is 47.9. The summed E-state index contributed by atoms with van der Waals surface area (Å²) < 4.78 is 5.04. The summed E-state index contributed by atoms with van der Waals surface area (Å²) in [6.07, 6.45) is -0.499. The molecule has 0 bridgehead atoms. The minimum atomic E-state index is -1.36. The van der Waals surface area contributed by atoms with Gasteiger partial charge in [-0.2, -0.15) is 0 Å². The number of carboxylic acid groups (broad SMARTS) is 2. The summed E-state index contributed by atoms with van der Waals surface area (Å²) in [5.74, 6) is -0.607. The fourth-order valence-corrected chi connectivity index (χ4v) is 1.84. The molecule has 0 aliphatic rings. The lowest BCUT2D eigenvalue weighted by molar-refractivity contribution is -0.120. The summed E-state index contributed by atoms with van der Waals surface area (Å²) in [5, 5.41) is 26.0. The second-order valence-corrected chi connectivity index (χ2v) is 6.71. The molecule has 12 nitrogen and oxygen atoms in total. The predicted octanol–water partition coefficient (Wildman–Crippen LogP) is 1.08. The van der Waals surface area contributed by atoms with Crippen molar-refractivity contribution in [1.82, 2.24) is 21.3 Å². The molecule has 12 heteroatoms. The van der Waals surface area contributed by atoms with Gasteiger partial charge in [0.05, 0.1) is 6.54 Å². The number of amides is 4. The van der Waals surface area contributed by atoms with Crippen molar-refractivity contribution in [1.29, 1.82) is 0 Å². The van der Waals surface area contributed by atoms with Gasteiger partial charge in [-0.25, -0.2) is 14.4 Å². The van der Waals surface area contributed by atoms with E-state index in [1.54, 1.807) is 20.8 Å². The lowest BCUT2D eigenvalue weighted by Gasteiger charge is -2.20. The monoisotopic (exact) mass is 403 g/mol. The molecule has 0 saturated carbocycles. The van der Waals surface area contributed by atoms with Gasteiger partial charge in [-0.05, 0) is 33.6 Å². The van der Waals surface area contributed by atoms with Crippen molar-refractivity contribution in [2.45, 2.75) is 52.1 Å². The Morgan fingerprint density at radius 2 is 1.54 bits per heavy atom. The Hall–Kier alpha value is -3.05. The van der Waals surface area contributed by atoms with Gasteiger partial charge in [-0.1, -0.05) is 12.8 Å². The van der Waals surface area contributed by atoms with Crippen molar-refractivity contribution in [3.8, 4) is 0 Å². The standard InChI is InChI=1S/C16H29N5O7/c1-16(2,3)28-15(27)21-12(20-14(25)26)18-9-7-5-4-6-8-17-11(22)10-19-13(23)24/h19H,4-10H2,1-3H3,(H,17,22)(H,23,24)(H,25,26)(H2,18,20,21,27). The molecule has 28 heavy (non-hydrogen) atoms. The highest BCUT2D eigenvalue weighted by molar-refractivity contribution is 6.00. The summed E-state index contributed by atoms with van der Waals surface area (Å²) in [7, 11) is 0. The average Bonchev–Trinajstić information content (AvgIpc) is 2.52. The SMILES string of the molecule is CC(C)(C)OC(=O)NC(=NCCCCCCNC(=O)CNC(=O)O)NC(=O)O. The van der Waals surface area contributed by atoms with Gasteiger partial charge in [-0.3, -0.25) is 20.4 Å². The molecule has 0 heterocycles. The van der Waals surface area contributed by atoms with E-state index in [0.29, 0.717) is 25.9 Å². The van der Waals surface area contributed by atoms with Crippen LogP contribution in [0.3, 0.4) is 0 Å². The molecule has 160 valence electrons. The van der Waals surface area contributed by atoms with Crippen molar-refractivity contribution in [3.05, 3.63) is 0 Å². The smallest absolute Gasteiger partial charge is 0.414 e. The topological polar surface area (TPSA) is 178 Å². The van der Waals surface area contributed by atoms with Gasteiger partial charge >= 0.3 is 18.3 Å². The Bertz CT molecular complexity index is 572. The molecule has 0 rings (SSSR count). The van der Waals surface area contributed by atoms with E-state index >= 15 is 0 Å². The van der Waals surface area contributed by atoms with Crippen molar-refractivity contribution < 1.29 is 34.1 Å². The maximum absolute atomic E-state index is 11.7. The van der Waals surface area contributed by atoms with E-state index < -0.39 is 29.8 Å². The van der Waals surface area contributed by atoms with E-state index in [1.807, 2.05) is 10.6 Å². The zero-order valence-corrected chi connectivity index (χ0v) is 16.3. The normalized spacial score (nSPS) is 11.3. The first-order chi connectivity index (χ1) is 13.0. The van der Waals surface area contributed by atoms with Crippen molar-refractivity contribution in [2.24, 2.45) is 4.99 Å². The zero-order valence-electron chi connectivity index (χ0n) is 16.3. The molecule has 0 aliphatic heterocycles. The van der Waals surface area contributed by atoms with Gasteiger partial charge in [0, 0.05) is 13.1 Å². The van der Waals surface area contributed by atoms with Crippen LogP contribution in [0.2, 0.25) is 0 Å². The van der Waals surface area contributed by atoms with Gasteiger partial charge in [0.25, 0.3) is 0 Å². The molecule has 0 atom stereocenters. The van der Waals surface area contributed by atoms with Crippen LogP contribution in [0.25, 0.3) is 0 Å². The molecule has 0 saturated heterocycles. The van der Waals surface area contributed by atoms with E-state index in [-0.39, 0.29) is 12.5 Å². The number of nitrogens with one attached hydrogen (secondary N) is 4. The molecular formula is C16H29N5O7. The Kier molecular flexibility index (Phi) is 11.7. The Labute approximate surface area is 163 Å². The number of alkyl carbamates (subject to hydrolysis) is 1. The van der Waals surface area contributed by atoms with E-state index in [9.17, 15) is 19.2 Å². The van der Waals surface area contributed by atoms with Crippen LogP contribution in [0.15, 0.2) is 4.99 Å². The van der Waals surface area contributed by atoms with E-state index in [4.69, 9.17) is 14.9 Å². The number of guanidine groups is 1. The fraction of sp³-hybridized carbons (Fsp3) is 0.688. The van der Waals surface area contributed by atoms with E-state index in [1.165, 1.54) is 0 Å². The van der Waals surface area contributed by atoms with Crippen molar-refractivity contribution >= 4 is 30.1 Å². The highest BCUT2D eigenvalue weighted by Gasteiger charge is 2.18. The summed E-state index contributed by atoms with van der Waals surface area (Å²) >= 11 is 0. The molecule has 0 aromatic rings. The molecule has 0 radical (unpaired) electrons. The number of aliphatic imine (C=N–C) groups is 1. The van der Waals surface area contributed by atoms with Gasteiger partial charge in [0.2, 0.25) is 11.9 Å². The lowest BCUT2D eigenvalue weighted by atomic mass is 10.2. The van der Waals surface area contributed by atoms with Gasteiger partial charge in [0.1, 0.15) is 5.60 Å². The third-order valence-electron chi connectivity index (χ3n) is 2.92. The zero-order chi connectivity index (χ0) is 21.6. The van der Waals surface area contributed by atoms with E-state index in [0.717, 1.165) is 12.8 Å². The van der Waals surface area contributed by atoms with Crippen molar-refractivity contribution in [3.63, 3.8) is 0 Å². The molecule has 4 amide bonds. The fourth-order valence-electron chi connectivity index (χ4n) is 1.84. The third kappa shape index (κ3) is 16.4. The second-order valence-electron chi connectivity index (χ2n) is 6.71. The third-order valence-corrected chi connectivity index (χ3v) is 2.92. The van der Waals surface area contributed by atoms with Crippen LogP contribution in [0.1, 0.15) is 46.5 Å². The molecule has 0 aromatic heterocycles. The quantitative estimate of drug-likeness (QED) is 0.189. The number of hydrogen-bond acceptors (Lipinski definition) is 6. The van der Waals surface area contributed by atoms with Crippen LogP contribution in [0, 0.1) is 0 Å². The minimum Gasteiger partial charge on any atom is -0.465 e. The minimum absolute atomic E-state index is 0.208. The molecule has 0 spiro atoms. The van der Waals surface area contributed by atoms with Gasteiger partial charge in [-0.15, -0.1) is 0 Å². The summed E-state index contributed by atoms with van der Waals surface area (Å²) in [5.41, 5.74) is -0.725. The Morgan fingerprint density at radius 3 is 2.11 bits per heavy atom. The molecular weight excluding hydrogens is 374 g/mol. The van der Waals surface area contributed by atoms with Crippen LogP contribution in [-0.4, -0.2) is 65.6 Å². The largest absolute Gasteiger partial charge is 0.465 e. The van der Waals surface area contributed by atoms with Crippen LogP contribution < -0.4 is 21.3 Å². The lowest BCUT2D eigenvalue weighted by Crippen LogP contribution is -2.45. The first-order valence-corrected chi connectivity index (χ1v) is 8.77. The Morgan fingerprint density at radius 1 is 0.893 bits per heavy atom. The number of nitrogens with zero attached hydrogens (tertiary/aromatic N) is 1. The summed E-state index contributed by atoms with van der Waals surface area (Å²) in [6.45, 7) is 5.47. The highest BCUT2D eigenvalue weighted by atomic mass is 16.6. The molecule has 0 aromatic carbocycles. The number of rotatable bonds is 9. The molecule has 0 unspecified atom stereocenters. The molecule has 0 aliphatic carbocycles. The van der Waals surface area contributed by atoms with Gasteiger partial charge in [0.15, 0.2) is 0 Å². The predicted molar refractivity (Wildman–Crippen MR) is 100 cm³/mol. The maximum atomic E-state index is 11.7. The van der Waals surface area contributed by atoms with Crippen LogP contribution in [0.5, 0.6) is 0 Å². The summed E-state index contributed by atoms with van der Waals surface area (Å²) in [6, 6.07) is 0. The van der Waals surface area contributed by atoms with E-state index in [2.05, 4.69) is 15.6 Å². The van der Waals surface area contributed by atoms with Crippen LogP contribution in [-0.2, 0) is 9.53 Å². The first-order valence-electron chi connectivity index (χ1n) is 8.77. The number of hydrogen-bond donors (Lipinski definition) is 6. The van der Waals surface area contributed by atoms with Crippen molar-refractivity contribution in [2.75, 3.05) is 19.6 Å². The molecule has 6 N–H and O–H groups in total. The Balaban J connectivity index is 4.06. The average molecular weight is 403 g/mol. The van der Waals surface area contributed by atoms with Crippen LogP contribution in [0.4, 0.5) is 14.4 Å².